The molecule has 0 saturated heterocycles. The van der Waals surface area contributed by atoms with Gasteiger partial charge < -0.3 is 10.2 Å². The van der Waals surface area contributed by atoms with Crippen LogP contribution in [0.2, 0.25) is 20.1 Å². The molecule has 2 aromatic carbocycles. The molecule has 0 radical (unpaired) electrons. The molecule has 0 aliphatic carbocycles. The van der Waals surface area contributed by atoms with Gasteiger partial charge in [-0.05, 0) is 24.3 Å². The van der Waals surface area contributed by atoms with Crippen LogP contribution < -0.4 is 0 Å². The minimum absolute atomic E-state index is 0.235. The fourth-order valence-corrected chi connectivity index (χ4v) is 3.14. The summed E-state index contributed by atoms with van der Waals surface area (Å²) < 4.78 is 0. The van der Waals surface area contributed by atoms with Crippen LogP contribution in [0.5, 0.6) is 0 Å². The van der Waals surface area contributed by atoms with Crippen LogP contribution in [0.1, 0.15) is 23.3 Å². The number of aliphatic hydroxyl groups excluding tert-OH is 2. The fourth-order valence-electron chi connectivity index (χ4n) is 1.90. The highest BCUT2D eigenvalue weighted by Gasteiger charge is 2.27. The van der Waals surface area contributed by atoms with Gasteiger partial charge in [0.25, 0.3) is 0 Å². The Morgan fingerprint density at radius 2 is 0.850 bits per heavy atom. The Balaban J connectivity index is 2.46. The highest BCUT2D eigenvalue weighted by molar-refractivity contribution is 6.36. The van der Waals surface area contributed by atoms with E-state index in [0.717, 1.165) is 0 Å². The summed E-state index contributed by atoms with van der Waals surface area (Å²) in [7, 11) is 0. The third kappa shape index (κ3) is 3.06. The molecule has 0 fully saturated rings. The van der Waals surface area contributed by atoms with Gasteiger partial charge in [-0.15, -0.1) is 0 Å². The van der Waals surface area contributed by atoms with Crippen molar-refractivity contribution in [2.45, 2.75) is 12.2 Å². The molecule has 0 aromatic heterocycles. The second-order valence-electron chi connectivity index (χ2n) is 4.16. The van der Waals surface area contributed by atoms with Crippen LogP contribution in [-0.2, 0) is 0 Å². The fraction of sp³-hybridized carbons (Fsp3) is 0.143. The Morgan fingerprint density at radius 3 is 1.10 bits per heavy atom. The summed E-state index contributed by atoms with van der Waals surface area (Å²) in [5, 5.41) is 21.7. The van der Waals surface area contributed by atoms with Crippen LogP contribution in [0, 0.1) is 0 Å². The minimum Gasteiger partial charge on any atom is -0.385 e. The highest BCUT2D eigenvalue weighted by atomic mass is 35.5. The average Bonchev–Trinajstić information content (AvgIpc) is 2.37. The Labute approximate surface area is 136 Å². The lowest BCUT2D eigenvalue weighted by atomic mass is 9.98. The Hall–Kier alpha value is -0.480. The van der Waals surface area contributed by atoms with E-state index >= 15 is 0 Å². The number of benzene rings is 2. The quantitative estimate of drug-likeness (QED) is 0.810. The maximum absolute atomic E-state index is 10.3. The molecule has 0 unspecified atom stereocenters. The van der Waals surface area contributed by atoms with E-state index in [0.29, 0.717) is 0 Å². The van der Waals surface area contributed by atoms with E-state index in [1.54, 1.807) is 36.4 Å². The van der Waals surface area contributed by atoms with Crippen molar-refractivity contribution in [1.82, 2.24) is 0 Å². The largest absolute Gasteiger partial charge is 0.385 e. The van der Waals surface area contributed by atoms with Gasteiger partial charge in [0.2, 0.25) is 0 Å². The minimum atomic E-state index is -1.34. The number of hydrogen-bond acceptors (Lipinski definition) is 2. The third-order valence-corrected chi connectivity index (χ3v) is 4.21. The SMILES string of the molecule is O[C@@H](c1c(Cl)cccc1Cl)[C@@H](O)c1c(Cl)cccc1Cl. The van der Waals surface area contributed by atoms with Crippen molar-refractivity contribution >= 4 is 46.4 Å². The summed E-state index contributed by atoms with van der Waals surface area (Å²) in [5.41, 5.74) is 0.471. The first-order valence-electron chi connectivity index (χ1n) is 5.67. The second kappa shape index (κ2) is 6.52. The molecule has 6 heteroatoms. The molecule has 2 nitrogen and oxygen atoms in total. The molecule has 2 aromatic rings. The van der Waals surface area contributed by atoms with Gasteiger partial charge in [-0.3, -0.25) is 0 Å². The predicted octanol–water partition coefficient (Wildman–Crippen LogP) is 5.07. The Morgan fingerprint density at radius 1 is 0.600 bits per heavy atom. The van der Waals surface area contributed by atoms with Crippen LogP contribution in [0.4, 0.5) is 0 Å². The van der Waals surface area contributed by atoms with E-state index in [1.165, 1.54) is 0 Å². The first kappa shape index (κ1) is 15.9. The monoisotopic (exact) mass is 350 g/mol. The number of aliphatic hydroxyl groups is 2. The normalized spacial score (nSPS) is 14.1. The van der Waals surface area contributed by atoms with E-state index in [2.05, 4.69) is 0 Å². The van der Waals surface area contributed by atoms with Gasteiger partial charge in [-0.1, -0.05) is 58.5 Å². The van der Waals surface area contributed by atoms with Gasteiger partial charge in [-0.25, -0.2) is 0 Å². The van der Waals surface area contributed by atoms with Crippen LogP contribution in [0.15, 0.2) is 36.4 Å². The maximum Gasteiger partial charge on any atom is 0.112 e. The van der Waals surface area contributed by atoms with Crippen molar-refractivity contribution in [2.75, 3.05) is 0 Å². The molecule has 0 bridgehead atoms. The van der Waals surface area contributed by atoms with Gasteiger partial charge >= 0.3 is 0 Å². The van der Waals surface area contributed by atoms with Crippen LogP contribution in [0.25, 0.3) is 0 Å². The van der Waals surface area contributed by atoms with E-state index in [1.807, 2.05) is 0 Å². The topological polar surface area (TPSA) is 40.5 Å². The van der Waals surface area contributed by atoms with E-state index in [9.17, 15) is 10.2 Å². The van der Waals surface area contributed by atoms with Crippen molar-refractivity contribution in [3.05, 3.63) is 67.6 Å². The van der Waals surface area contributed by atoms with Crippen molar-refractivity contribution in [1.29, 1.82) is 0 Å². The van der Waals surface area contributed by atoms with Gasteiger partial charge in [0.1, 0.15) is 12.2 Å². The van der Waals surface area contributed by atoms with Gasteiger partial charge in [0.05, 0.1) is 0 Å². The van der Waals surface area contributed by atoms with Crippen molar-refractivity contribution in [3.63, 3.8) is 0 Å². The van der Waals surface area contributed by atoms with Gasteiger partial charge in [-0.2, -0.15) is 0 Å². The molecule has 20 heavy (non-hydrogen) atoms. The average molecular weight is 352 g/mol. The number of halogens is 4. The zero-order valence-electron chi connectivity index (χ0n) is 10.0. The number of rotatable bonds is 3. The maximum atomic E-state index is 10.3. The molecule has 2 atom stereocenters. The molecule has 2 rings (SSSR count). The number of hydrogen-bond donors (Lipinski definition) is 2. The lowest BCUT2D eigenvalue weighted by Gasteiger charge is -2.22. The second-order valence-corrected chi connectivity index (χ2v) is 5.79. The van der Waals surface area contributed by atoms with Crippen LogP contribution in [0.3, 0.4) is 0 Å². The summed E-state index contributed by atoms with van der Waals surface area (Å²) in [5.74, 6) is 0. The molecule has 0 spiro atoms. The Kier molecular flexibility index (Phi) is 5.19. The smallest absolute Gasteiger partial charge is 0.112 e. The van der Waals surface area contributed by atoms with Crippen molar-refractivity contribution in [3.8, 4) is 0 Å². The summed E-state index contributed by atoms with van der Waals surface area (Å²) in [6.45, 7) is 0. The lowest BCUT2D eigenvalue weighted by Crippen LogP contribution is -2.12. The van der Waals surface area contributed by atoms with Crippen LogP contribution >= 0.6 is 46.4 Å². The van der Waals surface area contributed by atoms with Gasteiger partial charge in [0.15, 0.2) is 0 Å². The molecular weight excluding hydrogens is 342 g/mol. The molecule has 0 aliphatic rings. The zero-order chi connectivity index (χ0) is 14.9. The molecule has 106 valence electrons. The molecular formula is C14H10Cl4O2. The molecule has 0 heterocycles. The third-order valence-electron chi connectivity index (χ3n) is 2.89. The zero-order valence-corrected chi connectivity index (χ0v) is 13.0. The highest BCUT2D eigenvalue weighted by Crippen LogP contribution is 2.41. The molecule has 0 saturated carbocycles. The summed E-state index contributed by atoms with van der Waals surface area (Å²) in [4.78, 5) is 0. The standard InChI is InChI=1S/C14H10Cl4O2/c15-7-3-1-4-8(16)11(7)13(19)14(20)12-9(17)5-2-6-10(12)18/h1-6,13-14,19-20H/t13-,14-/m0/s1. The first-order chi connectivity index (χ1) is 9.43. The summed E-state index contributed by atoms with van der Waals surface area (Å²) in [6, 6.07) is 9.60. The van der Waals surface area contributed by atoms with Crippen molar-refractivity contribution in [2.24, 2.45) is 0 Å². The Bertz CT molecular complexity index is 535. The molecule has 2 N–H and O–H groups in total. The van der Waals surface area contributed by atoms with E-state index in [4.69, 9.17) is 46.4 Å². The summed E-state index contributed by atoms with van der Waals surface area (Å²) in [6.07, 6.45) is -2.68. The van der Waals surface area contributed by atoms with Crippen LogP contribution in [-0.4, -0.2) is 10.2 Å². The summed E-state index contributed by atoms with van der Waals surface area (Å²) >= 11 is 24.1. The predicted molar refractivity (Wildman–Crippen MR) is 82.8 cm³/mol. The lowest BCUT2D eigenvalue weighted by molar-refractivity contribution is 0.0175. The van der Waals surface area contributed by atoms with E-state index in [-0.39, 0.29) is 31.2 Å². The van der Waals surface area contributed by atoms with Gasteiger partial charge in [0, 0.05) is 31.2 Å². The molecule has 0 aliphatic heterocycles. The van der Waals surface area contributed by atoms with E-state index < -0.39 is 12.2 Å². The first-order valence-corrected chi connectivity index (χ1v) is 7.18. The van der Waals surface area contributed by atoms with Crippen molar-refractivity contribution < 1.29 is 10.2 Å². The molecule has 0 amide bonds.